The van der Waals surface area contributed by atoms with Crippen molar-refractivity contribution >= 4 is 17.5 Å². The van der Waals surface area contributed by atoms with E-state index in [0.717, 1.165) is 0 Å². The van der Waals surface area contributed by atoms with Gasteiger partial charge in [-0.3, -0.25) is 14.4 Å². The molecule has 0 aromatic carbocycles. The van der Waals surface area contributed by atoms with Gasteiger partial charge in [-0.2, -0.15) is 0 Å². The number of hydrogen-bond donors (Lipinski definition) is 3. The van der Waals surface area contributed by atoms with Crippen molar-refractivity contribution in [3.05, 3.63) is 0 Å². The van der Waals surface area contributed by atoms with E-state index in [2.05, 4.69) is 5.32 Å². The summed E-state index contributed by atoms with van der Waals surface area (Å²) in [6.45, 7) is 10.6. The Labute approximate surface area is 127 Å². The van der Waals surface area contributed by atoms with Gasteiger partial charge in [-0.15, -0.1) is 0 Å². The zero-order valence-electron chi connectivity index (χ0n) is 13.9. The maximum atomic E-state index is 11.9. The minimum absolute atomic E-state index is 0.0470. The molecule has 0 heterocycles. The molecule has 6 heteroatoms. The molecule has 2 unspecified atom stereocenters. The largest absolute Gasteiger partial charge is 0.354 e. The molecule has 0 fully saturated rings. The van der Waals surface area contributed by atoms with Gasteiger partial charge in [0.2, 0.25) is 5.91 Å². The van der Waals surface area contributed by atoms with Crippen molar-refractivity contribution in [1.29, 1.82) is 0 Å². The summed E-state index contributed by atoms with van der Waals surface area (Å²) in [5.74, 6) is -0.678. The lowest BCUT2D eigenvalue weighted by atomic mass is 9.85. The van der Waals surface area contributed by atoms with Gasteiger partial charge >= 0.3 is 0 Å². The molecule has 0 saturated carbocycles. The van der Waals surface area contributed by atoms with Crippen LogP contribution in [0.5, 0.6) is 0 Å². The molecular formula is C15H29N3O3. The van der Waals surface area contributed by atoms with E-state index in [1.807, 2.05) is 0 Å². The lowest BCUT2D eigenvalue weighted by Crippen LogP contribution is -2.48. The molecule has 1 amide bonds. The Morgan fingerprint density at radius 1 is 0.857 bits per heavy atom. The van der Waals surface area contributed by atoms with Gasteiger partial charge < -0.3 is 16.8 Å². The van der Waals surface area contributed by atoms with E-state index in [-0.39, 0.29) is 30.4 Å². The Morgan fingerprint density at radius 2 is 1.24 bits per heavy atom. The first-order valence-corrected chi connectivity index (χ1v) is 7.13. The Hall–Kier alpha value is -1.27. The summed E-state index contributed by atoms with van der Waals surface area (Å²) in [5.41, 5.74) is 10.3. The number of nitrogens with two attached hydrogens (primary N) is 2. The molecule has 0 spiro atoms. The zero-order chi connectivity index (χ0) is 17.0. The third-order valence-electron chi connectivity index (χ3n) is 3.08. The lowest BCUT2D eigenvalue weighted by Gasteiger charge is -2.23. The minimum atomic E-state index is -0.848. The minimum Gasteiger partial charge on any atom is -0.354 e. The number of Topliss-reactive ketones (excluding diaryl/α,β-unsaturated/α-hetero) is 2. The Morgan fingerprint density at radius 3 is 1.62 bits per heavy atom. The second-order valence-corrected chi connectivity index (χ2v) is 7.45. The first-order chi connectivity index (χ1) is 9.26. The van der Waals surface area contributed by atoms with Crippen LogP contribution < -0.4 is 16.8 Å². The second-order valence-electron chi connectivity index (χ2n) is 7.45. The quantitative estimate of drug-likeness (QED) is 0.655. The van der Waals surface area contributed by atoms with Crippen molar-refractivity contribution in [1.82, 2.24) is 5.32 Å². The van der Waals surface area contributed by atoms with Gasteiger partial charge in [0.25, 0.3) is 0 Å². The van der Waals surface area contributed by atoms with Gasteiger partial charge in [0.05, 0.1) is 12.1 Å². The molecule has 0 aliphatic rings. The van der Waals surface area contributed by atoms with Crippen LogP contribution in [0.2, 0.25) is 0 Å². The second kappa shape index (κ2) is 7.13. The molecule has 0 aliphatic heterocycles. The number of hydrogen-bond acceptors (Lipinski definition) is 5. The smallest absolute Gasteiger partial charge is 0.222 e. The molecule has 2 atom stereocenters. The summed E-state index contributed by atoms with van der Waals surface area (Å²) in [5, 5.41) is 2.56. The first-order valence-electron chi connectivity index (χ1n) is 7.13. The van der Waals surface area contributed by atoms with Crippen LogP contribution in [0.25, 0.3) is 0 Å². The van der Waals surface area contributed by atoms with E-state index < -0.39 is 22.9 Å². The zero-order valence-corrected chi connectivity index (χ0v) is 13.9. The normalized spacial score (nSPS) is 15.2. The van der Waals surface area contributed by atoms with Crippen molar-refractivity contribution in [2.75, 3.05) is 6.54 Å². The van der Waals surface area contributed by atoms with Gasteiger partial charge in [-0.05, 0) is 0 Å². The molecule has 21 heavy (non-hydrogen) atoms. The molecule has 6 nitrogen and oxygen atoms in total. The van der Waals surface area contributed by atoms with Crippen molar-refractivity contribution in [3.63, 3.8) is 0 Å². The van der Waals surface area contributed by atoms with E-state index in [1.165, 1.54) is 0 Å². The Bertz CT molecular complexity index is 405. The van der Waals surface area contributed by atoms with Crippen LogP contribution in [0.4, 0.5) is 0 Å². The Balaban J connectivity index is 4.35. The summed E-state index contributed by atoms with van der Waals surface area (Å²) < 4.78 is 0. The van der Waals surface area contributed by atoms with Crippen LogP contribution in [-0.2, 0) is 14.4 Å². The summed E-state index contributed by atoms with van der Waals surface area (Å²) >= 11 is 0. The van der Waals surface area contributed by atoms with E-state index >= 15 is 0 Å². The standard InChI is InChI=1S/C15H29N3O3/c1-14(2,3)12(20)9(16)7-11(19)18-8-10(17)13(21)15(4,5)6/h9-10H,7-8,16-17H2,1-6H3,(H,18,19). The lowest BCUT2D eigenvalue weighted by molar-refractivity contribution is -0.131. The van der Waals surface area contributed by atoms with E-state index in [4.69, 9.17) is 11.5 Å². The van der Waals surface area contributed by atoms with Crippen LogP contribution in [0.1, 0.15) is 48.0 Å². The fourth-order valence-electron chi connectivity index (χ4n) is 1.79. The Kier molecular flexibility index (Phi) is 6.70. The molecule has 0 rings (SSSR count). The predicted molar refractivity (Wildman–Crippen MR) is 82.5 cm³/mol. The maximum absolute atomic E-state index is 11.9. The SMILES string of the molecule is CC(C)(C)C(=O)C(N)CNC(=O)CC(N)C(=O)C(C)(C)C. The van der Waals surface area contributed by atoms with Crippen molar-refractivity contribution in [3.8, 4) is 0 Å². The van der Waals surface area contributed by atoms with E-state index in [9.17, 15) is 14.4 Å². The predicted octanol–water partition coefficient (Wildman–Crippen LogP) is 0.378. The molecular weight excluding hydrogens is 270 g/mol. The molecule has 0 radical (unpaired) electrons. The van der Waals surface area contributed by atoms with Crippen LogP contribution in [0, 0.1) is 10.8 Å². The van der Waals surface area contributed by atoms with Crippen LogP contribution in [-0.4, -0.2) is 36.1 Å². The molecule has 0 aliphatic carbocycles. The van der Waals surface area contributed by atoms with Crippen molar-refractivity contribution < 1.29 is 14.4 Å². The molecule has 0 aromatic heterocycles. The topological polar surface area (TPSA) is 115 Å². The van der Waals surface area contributed by atoms with Gasteiger partial charge in [0, 0.05) is 23.8 Å². The number of ketones is 2. The molecule has 0 saturated heterocycles. The van der Waals surface area contributed by atoms with E-state index in [0.29, 0.717) is 0 Å². The highest BCUT2D eigenvalue weighted by molar-refractivity contribution is 5.93. The monoisotopic (exact) mass is 299 g/mol. The summed E-state index contributed by atoms with van der Waals surface area (Å²) in [6.07, 6.45) is -0.105. The fraction of sp³-hybridized carbons (Fsp3) is 0.800. The first kappa shape index (κ1) is 19.7. The fourth-order valence-corrected chi connectivity index (χ4v) is 1.79. The summed E-state index contributed by atoms with van der Waals surface area (Å²) in [6, 6.07) is -1.61. The number of carbonyl (C=O) groups is 3. The number of rotatable bonds is 6. The van der Waals surface area contributed by atoms with Gasteiger partial charge in [-0.1, -0.05) is 41.5 Å². The highest BCUT2D eigenvalue weighted by Gasteiger charge is 2.30. The molecule has 5 N–H and O–H groups in total. The highest BCUT2D eigenvalue weighted by Crippen LogP contribution is 2.17. The van der Waals surface area contributed by atoms with Gasteiger partial charge in [-0.25, -0.2) is 0 Å². The maximum Gasteiger partial charge on any atom is 0.222 e. The van der Waals surface area contributed by atoms with E-state index in [1.54, 1.807) is 41.5 Å². The third-order valence-corrected chi connectivity index (χ3v) is 3.08. The van der Waals surface area contributed by atoms with Crippen molar-refractivity contribution in [2.45, 2.75) is 60.0 Å². The number of amides is 1. The molecule has 0 aromatic rings. The van der Waals surface area contributed by atoms with Crippen LogP contribution in [0.3, 0.4) is 0 Å². The average Bonchev–Trinajstić information content (AvgIpc) is 2.31. The highest BCUT2D eigenvalue weighted by atomic mass is 16.2. The number of carbonyl (C=O) groups excluding carboxylic acids is 3. The molecule has 122 valence electrons. The number of nitrogens with one attached hydrogen (secondary N) is 1. The summed E-state index contributed by atoms with van der Waals surface area (Å²) in [7, 11) is 0. The van der Waals surface area contributed by atoms with Gasteiger partial charge in [0.1, 0.15) is 0 Å². The van der Waals surface area contributed by atoms with Crippen molar-refractivity contribution in [2.24, 2.45) is 22.3 Å². The molecule has 0 bridgehead atoms. The average molecular weight is 299 g/mol. The third kappa shape index (κ3) is 6.82. The summed E-state index contributed by atoms with van der Waals surface area (Å²) in [4.78, 5) is 35.5. The van der Waals surface area contributed by atoms with Crippen LogP contribution in [0.15, 0.2) is 0 Å². The van der Waals surface area contributed by atoms with Gasteiger partial charge in [0.15, 0.2) is 11.6 Å². The van der Waals surface area contributed by atoms with Crippen LogP contribution >= 0.6 is 0 Å².